The average Bonchev–Trinajstić information content (AvgIpc) is 2.16. The third-order valence-corrected chi connectivity index (χ3v) is 2.59. The second-order valence-electron chi connectivity index (χ2n) is 5.36. The van der Waals surface area contributed by atoms with Gasteiger partial charge in [-0.15, -0.1) is 0 Å². The molecule has 0 aliphatic carbocycles. The quantitative estimate of drug-likeness (QED) is 0.777. The van der Waals surface area contributed by atoms with Gasteiger partial charge >= 0.3 is 0 Å². The highest BCUT2D eigenvalue weighted by molar-refractivity contribution is 5.75. The summed E-state index contributed by atoms with van der Waals surface area (Å²) in [6, 6.07) is 4.21. The molecule has 1 rings (SSSR count). The Morgan fingerprint density at radius 2 is 2.00 bits per heavy atom. The first-order valence-electron chi connectivity index (χ1n) is 5.84. The maximum atomic E-state index is 10.8. The van der Waals surface area contributed by atoms with E-state index < -0.39 is 0 Å². The lowest BCUT2D eigenvalue weighted by Gasteiger charge is -2.17. The number of ketones is 1. The number of rotatable bonds is 4. The summed E-state index contributed by atoms with van der Waals surface area (Å²) >= 11 is 0. The summed E-state index contributed by atoms with van der Waals surface area (Å²) in [6.45, 7) is 8.11. The molecule has 0 radical (unpaired) electrons. The maximum Gasteiger partial charge on any atom is 0.129 e. The van der Waals surface area contributed by atoms with E-state index in [-0.39, 0.29) is 11.2 Å². The van der Waals surface area contributed by atoms with Crippen LogP contribution in [-0.2, 0) is 16.6 Å². The van der Waals surface area contributed by atoms with Crippen LogP contribution in [0.15, 0.2) is 18.3 Å². The molecule has 0 spiro atoms. The van der Waals surface area contributed by atoms with E-state index in [1.54, 1.807) is 6.92 Å². The molecule has 1 aromatic heterocycles. The predicted octanol–water partition coefficient (Wildman–Crippen LogP) is 3.29. The molecule has 0 aromatic carbocycles. The number of carbonyl (C=O) groups excluding carboxylic acids is 1. The van der Waals surface area contributed by atoms with Crippen LogP contribution in [0.1, 0.15) is 51.8 Å². The Morgan fingerprint density at radius 1 is 1.31 bits per heavy atom. The molecule has 0 N–H and O–H groups in total. The van der Waals surface area contributed by atoms with Gasteiger partial charge in [0.15, 0.2) is 0 Å². The van der Waals surface area contributed by atoms with E-state index in [1.807, 2.05) is 6.20 Å². The van der Waals surface area contributed by atoms with Crippen LogP contribution in [-0.4, -0.2) is 10.8 Å². The Bertz CT molecular complexity index is 346. The normalized spacial score (nSPS) is 11.5. The summed E-state index contributed by atoms with van der Waals surface area (Å²) in [7, 11) is 0. The van der Waals surface area contributed by atoms with E-state index in [0.29, 0.717) is 6.42 Å². The van der Waals surface area contributed by atoms with Gasteiger partial charge in [-0.2, -0.15) is 0 Å². The number of aromatic nitrogens is 1. The molecule has 88 valence electrons. The number of nitrogens with zero attached hydrogens (tertiary/aromatic N) is 1. The van der Waals surface area contributed by atoms with Crippen LogP contribution in [0.5, 0.6) is 0 Å². The minimum Gasteiger partial charge on any atom is -0.300 e. The van der Waals surface area contributed by atoms with E-state index in [2.05, 4.69) is 37.9 Å². The van der Waals surface area contributed by atoms with Gasteiger partial charge in [0.1, 0.15) is 5.78 Å². The number of aryl methyl sites for hydroxylation is 1. The van der Waals surface area contributed by atoms with Crippen molar-refractivity contribution in [3.05, 3.63) is 29.6 Å². The van der Waals surface area contributed by atoms with Crippen LogP contribution in [0.2, 0.25) is 0 Å². The molecule has 1 heterocycles. The highest BCUT2D eigenvalue weighted by Crippen LogP contribution is 2.19. The van der Waals surface area contributed by atoms with Gasteiger partial charge in [-0.05, 0) is 31.4 Å². The van der Waals surface area contributed by atoms with Crippen molar-refractivity contribution in [3.63, 3.8) is 0 Å². The highest BCUT2D eigenvalue weighted by atomic mass is 16.1. The topological polar surface area (TPSA) is 30.0 Å². The van der Waals surface area contributed by atoms with Crippen molar-refractivity contribution in [2.45, 2.75) is 52.4 Å². The van der Waals surface area contributed by atoms with Crippen LogP contribution >= 0.6 is 0 Å². The number of hydrogen-bond acceptors (Lipinski definition) is 2. The molecule has 0 unspecified atom stereocenters. The third-order valence-electron chi connectivity index (χ3n) is 2.59. The average molecular weight is 219 g/mol. The van der Waals surface area contributed by atoms with E-state index in [1.165, 1.54) is 5.56 Å². The summed E-state index contributed by atoms with van der Waals surface area (Å²) in [5.74, 6) is 0.263. The summed E-state index contributed by atoms with van der Waals surface area (Å²) in [6.07, 6.45) is 4.46. The van der Waals surface area contributed by atoms with Crippen molar-refractivity contribution in [2.75, 3.05) is 0 Å². The molecule has 1 aromatic rings. The van der Waals surface area contributed by atoms with Crippen molar-refractivity contribution in [1.82, 2.24) is 4.98 Å². The van der Waals surface area contributed by atoms with Gasteiger partial charge in [-0.3, -0.25) is 4.98 Å². The van der Waals surface area contributed by atoms with Crippen molar-refractivity contribution < 1.29 is 4.79 Å². The SMILES string of the molecule is CC(=O)CCCc1ccc(C(C)(C)C)nc1. The lowest BCUT2D eigenvalue weighted by Crippen LogP contribution is -2.13. The Morgan fingerprint density at radius 3 is 2.44 bits per heavy atom. The lowest BCUT2D eigenvalue weighted by atomic mass is 9.91. The van der Waals surface area contributed by atoms with Crippen LogP contribution in [0, 0.1) is 0 Å². The zero-order valence-corrected chi connectivity index (χ0v) is 10.7. The smallest absolute Gasteiger partial charge is 0.129 e. The van der Waals surface area contributed by atoms with E-state index in [4.69, 9.17) is 0 Å². The van der Waals surface area contributed by atoms with Crippen LogP contribution in [0.4, 0.5) is 0 Å². The molecule has 2 nitrogen and oxygen atoms in total. The van der Waals surface area contributed by atoms with Crippen molar-refractivity contribution in [3.8, 4) is 0 Å². The summed E-state index contributed by atoms with van der Waals surface area (Å²) < 4.78 is 0. The van der Waals surface area contributed by atoms with Crippen LogP contribution < -0.4 is 0 Å². The standard InChI is InChI=1S/C14H21NO/c1-11(16)6-5-7-12-8-9-13(15-10-12)14(2,3)4/h8-10H,5-7H2,1-4H3. The Hall–Kier alpha value is -1.18. The number of carbonyl (C=O) groups is 1. The minimum atomic E-state index is 0.109. The second kappa shape index (κ2) is 5.24. The Balaban J connectivity index is 2.55. The Labute approximate surface area is 98.1 Å². The molecule has 0 fully saturated rings. The van der Waals surface area contributed by atoms with Crippen molar-refractivity contribution >= 4 is 5.78 Å². The van der Waals surface area contributed by atoms with Gasteiger partial charge in [-0.1, -0.05) is 26.8 Å². The molecular weight excluding hydrogens is 198 g/mol. The predicted molar refractivity (Wildman–Crippen MR) is 66.6 cm³/mol. The van der Waals surface area contributed by atoms with Gasteiger partial charge in [0.05, 0.1) is 0 Å². The molecule has 0 aliphatic heterocycles. The van der Waals surface area contributed by atoms with Crippen LogP contribution in [0.25, 0.3) is 0 Å². The zero-order valence-electron chi connectivity index (χ0n) is 10.7. The van der Waals surface area contributed by atoms with Crippen LogP contribution in [0.3, 0.4) is 0 Å². The van der Waals surface area contributed by atoms with Gasteiger partial charge in [0.2, 0.25) is 0 Å². The summed E-state index contributed by atoms with van der Waals surface area (Å²) in [5, 5.41) is 0. The molecule has 0 atom stereocenters. The molecule has 0 aliphatic rings. The van der Waals surface area contributed by atoms with Gasteiger partial charge in [0.25, 0.3) is 0 Å². The summed E-state index contributed by atoms with van der Waals surface area (Å²) in [5.41, 5.74) is 2.44. The van der Waals surface area contributed by atoms with Crippen molar-refractivity contribution in [1.29, 1.82) is 0 Å². The van der Waals surface area contributed by atoms with E-state index >= 15 is 0 Å². The second-order valence-corrected chi connectivity index (χ2v) is 5.36. The van der Waals surface area contributed by atoms with Gasteiger partial charge in [-0.25, -0.2) is 0 Å². The van der Waals surface area contributed by atoms with E-state index in [9.17, 15) is 4.79 Å². The molecule has 0 amide bonds. The lowest BCUT2D eigenvalue weighted by molar-refractivity contribution is -0.117. The number of Topliss-reactive ketones (excluding diaryl/α,β-unsaturated/α-hetero) is 1. The first-order valence-corrected chi connectivity index (χ1v) is 5.84. The Kier molecular flexibility index (Phi) is 4.22. The fourth-order valence-corrected chi connectivity index (χ4v) is 1.56. The van der Waals surface area contributed by atoms with Crippen molar-refractivity contribution in [2.24, 2.45) is 0 Å². The fraction of sp³-hybridized carbons (Fsp3) is 0.571. The van der Waals surface area contributed by atoms with Gasteiger partial charge in [0, 0.05) is 23.7 Å². The minimum absolute atomic E-state index is 0.109. The van der Waals surface area contributed by atoms with E-state index in [0.717, 1.165) is 18.5 Å². The molecule has 0 saturated carbocycles. The van der Waals surface area contributed by atoms with Gasteiger partial charge < -0.3 is 4.79 Å². The molecular formula is C14H21NO. The highest BCUT2D eigenvalue weighted by Gasteiger charge is 2.14. The molecule has 0 saturated heterocycles. The first-order chi connectivity index (χ1) is 7.39. The number of hydrogen-bond donors (Lipinski definition) is 0. The monoisotopic (exact) mass is 219 g/mol. The molecule has 2 heteroatoms. The zero-order chi connectivity index (χ0) is 12.2. The molecule has 16 heavy (non-hydrogen) atoms. The summed E-state index contributed by atoms with van der Waals surface area (Å²) in [4.78, 5) is 15.3. The maximum absolute atomic E-state index is 10.8. The fourth-order valence-electron chi connectivity index (χ4n) is 1.56. The third kappa shape index (κ3) is 4.13. The number of pyridine rings is 1. The first kappa shape index (κ1) is 12.9. The largest absolute Gasteiger partial charge is 0.300 e. The molecule has 0 bridgehead atoms.